The summed E-state index contributed by atoms with van der Waals surface area (Å²) in [6.07, 6.45) is 1.34. The maximum Gasteiger partial charge on any atom is 0.326 e. The number of carbonyl (C=O) groups excluding carboxylic acids is 4. The van der Waals surface area contributed by atoms with E-state index in [9.17, 15) is 33.9 Å². The average molecular weight is 506 g/mol. The molecule has 4 amide bonds. The van der Waals surface area contributed by atoms with E-state index in [1.807, 2.05) is 0 Å². The van der Waals surface area contributed by atoms with Crippen LogP contribution in [0.1, 0.15) is 46.0 Å². The molecule has 0 aliphatic rings. The topological polar surface area (TPSA) is 231 Å². The van der Waals surface area contributed by atoms with Crippen molar-refractivity contribution < 1.29 is 39.0 Å². The molecular weight excluding hydrogens is 470 g/mol. The van der Waals surface area contributed by atoms with Crippen LogP contribution in [0.2, 0.25) is 0 Å². The minimum absolute atomic E-state index is 0.167. The first kappa shape index (κ1) is 31.1. The third-order valence-electron chi connectivity index (χ3n) is 5.06. The number of amides is 4. The van der Waals surface area contributed by atoms with E-state index in [2.05, 4.69) is 16.0 Å². The number of hydrogen-bond acceptors (Lipinski definition) is 8. The van der Waals surface area contributed by atoms with Crippen LogP contribution in [0.25, 0.3) is 0 Å². The van der Waals surface area contributed by atoms with Gasteiger partial charge in [-0.15, -0.1) is 0 Å². The van der Waals surface area contributed by atoms with Gasteiger partial charge < -0.3 is 37.6 Å². The van der Waals surface area contributed by atoms with Crippen molar-refractivity contribution in [2.45, 2.75) is 70.1 Å². The third-order valence-corrected chi connectivity index (χ3v) is 5.71. The summed E-state index contributed by atoms with van der Waals surface area (Å²) in [6, 6.07) is -4.97. The van der Waals surface area contributed by atoms with Gasteiger partial charge in [0.1, 0.15) is 18.1 Å². The normalized spacial score (nSPS) is 15.2. The average Bonchev–Trinajstić information content (AvgIpc) is 2.75. The summed E-state index contributed by atoms with van der Waals surface area (Å²) in [4.78, 5) is 71.3. The van der Waals surface area contributed by atoms with Crippen LogP contribution in [0.4, 0.5) is 0 Å². The lowest BCUT2D eigenvalue weighted by atomic mass is 9.97. The van der Waals surface area contributed by atoms with Crippen molar-refractivity contribution in [3.63, 3.8) is 0 Å². The molecule has 5 unspecified atom stereocenters. The van der Waals surface area contributed by atoms with Gasteiger partial charge in [-0.25, -0.2) is 4.79 Å². The third kappa shape index (κ3) is 11.8. The monoisotopic (exact) mass is 505 g/mol. The number of nitrogens with two attached hydrogens (primary N) is 2. The molecule has 14 heteroatoms. The zero-order valence-electron chi connectivity index (χ0n) is 19.5. The number of aliphatic carboxylic acids is 2. The quantitative estimate of drug-likeness (QED) is 0.119. The molecule has 0 saturated heterocycles. The maximum absolute atomic E-state index is 13.0. The van der Waals surface area contributed by atoms with Crippen LogP contribution < -0.4 is 27.4 Å². The molecule has 0 bridgehead atoms. The van der Waals surface area contributed by atoms with Gasteiger partial charge in [-0.05, 0) is 30.8 Å². The van der Waals surface area contributed by atoms with Crippen LogP contribution in [0, 0.1) is 5.92 Å². The number of carbonyl (C=O) groups is 6. The molecule has 0 aromatic heterocycles. The Kier molecular flexibility index (Phi) is 14.5. The fourth-order valence-corrected chi connectivity index (χ4v) is 3.30. The first-order valence-electron chi connectivity index (χ1n) is 10.7. The molecule has 34 heavy (non-hydrogen) atoms. The van der Waals surface area contributed by atoms with E-state index in [-0.39, 0.29) is 25.2 Å². The molecule has 5 atom stereocenters. The Hall–Kier alpha value is -2.87. The highest BCUT2D eigenvalue weighted by Gasteiger charge is 2.32. The molecule has 0 aliphatic carbocycles. The van der Waals surface area contributed by atoms with E-state index >= 15 is 0 Å². The van der Waals surface area contributed by atoms with E-state index in [0.717, 1.165) is 0 Å². The van der Waals surface area contributed by atoms with Crippen molar-refractivity contribution in [1.82, 2.24) is 16.0 Å². The molecule has 0 radical (unpaired) electrons. The first-order valence-corrected chi connectivity index (χ1v) is 12.1. The number of nitrogens with one attached hydrogen (secondary N) is 3. The van der Waals surface area contributed by atoms with E-state index in [1.165, 1.54) is 11.8 Å². The Labute approximate surface area is 202 Å². The molecular formula is C20H35N5O8S. The van der Waals surface area contributed by atoms with Gasteiger partial charge in [-0.1, -0.05) is 20.3 Å². The van der Waals surface area contributed by atoms with Gasteiger partial charge in [0.05, 0.1) is 12.5 Å². The second kappa shape index (κ2) is 15.9. The number of primary amides is 1. The number of thioether (sulfide) groups is 1. The highest BCUT2D eigenvalue weighted by molar-refractivity contribution is 7.98. The van der Waals surface area contributed by atoms with E-state index < -0.39 is 66.2 Å². The summed E-state index contributed by atoms with van der Waals surface area (Å²) in [7, 11) is 0. The Morgan fingerprint density at radius 2 is 1.50 bits per heavy atom. The van der Waals surface area contributed by atoms with Gasteiger partial charge in [-0.3, -0.25) is 24.0 Å². The molecule has 9 N–H and O–H groups in total. The highest BCUT2D eigenvalue weighted by Crippen LogP contribution is 2.11. The summed E-state index contributed by atoms with van der Waals surface area (Å²) in [6.45, 7) is 3.47. The predicted octanol–water partition coefficient (Wildman–Crippen LogP) is -1.61. The molecule has 0 saturated carbocycles. The van der Waals surface area contributed by atoms with E-state index in [1.54, 1.807) is 20.1 Å². The summed E-state index contributed by atoms with van der Waals surface area (Å²) >= 11 is 1.40. The number of carboxylic acid groups (broad SMARTS) is 2. The number of carboxylic acids is 2. The SMILES string of the molecule is CCC(C)C(NC(=O)C(N)CC(=O)O)C(=O)NC(CCSC)C(=O)NC(CCC(N)=O)C(=O)O. The first-order chi connectivity index (χ1) is 15.8. The fraction of sp³-hybridized carbons (Fsp3) is 0.700. The minimum atomic E-state index is -1.38. The van der Waals surface area contributed by atoms with Crippen LogP contribution in [0.3, 0.4) is 0 Å². The fourth-order valence-electron chi connectivity index (χ4n) is 2.83. The van der Waals surface area contributed by atoms with Gasteiger partial charge in [-0.2, -0.15) is 11.8 Å². The van der Waals surface area contributed by atoms with Crippen LogP contribution >= 0.6 is 11.8 Å². The zero-order chi connectivity index (χ0) is 26.4. The molecule has 0 aromatic carbocycles. The standard InChI is InChI=1S/C20H35N5O8S/c1-4-10(2)16(25-17(29)11(21)9-15(27)28)19(31)23-12(7-8-34-3)18(30)24-13(20(32)33)5-6-14(22)26/h10-13,16H,4-9,21H2,1-3H3,(H2,22,26)(H,23,31)(H,24,30)(H,25,29)(H,27,28)(H,32,33). The summed E-state index contributed by atoms with van der Waals surface area (Å²) in [5.41, 5.74) is 10.6. The predicted molar refractivity (Wildman–Crippen MR) is 125 cm³/mol. The van der Waals surface area contributed by atoms with Crippen molar-refractivity contribution in [3.8, 4) is 0 Å². The smallest absolute Gasteiger partial charge is 0.326 e. The Morgan fingerprint density at radius 3 is 1.97 bits per heavy atom. The van der Waals surface area contributed by atoms with Crippen molar-refractivity contribution in [1.29, 1.82) is 0 Å². The van der Waals surface area contributed by atoms with E-state index in [0.29, 0.717) is 12.2 Å². The molecule has 0 aliphatic heterocycles. The summed E-state index contributed by atoms with van der Waals surface area (Å²) < 4.78 is 0. The van der Waals surface area contributed by atoms with Gasteiger partial charge >= 0.3 is 11.9 Å². The van der Waals surface area contributed by atoms with Crippen LogP contribution in [0.15, 0.2) is 0 Å². The van der Waals surface area contributed by atoms with Crippen molar-refractivity contribution in [3.05, 3.63) is 0 Å². The molecule has 0 spiro atoms. The Morgan fingerprint density at radius 1 is 0.912 bits per heavy atom. The highest BCUT2D eigenvalue weighted by atomic mass is 32.2. The summed E-state index contributed by atoms with van der Waals surface area (Å²) in [5.74, 6) is -5.57. The molecule has 0 aromatic rings. The molecule has 0 heterocycles. The van der Waals surface area contributed by atoms with Crippen molar-refractivity contribution >= 4 is 47.3 Å². The lowest BCUT2D eigenvalue weighted by Crippen LogP contribution is -2.58. The Balaban J connectivity index is 5.52. The maximum atomic E-state index is 13.0. The van der Waals surface area contributed by atoms with Crippen molar-refractivity contribution in [2.24, 2.45) is 17.4 Å². The molecule has 0 rings (SSSR count). The lowest BCUT2D eigenvalue weighted by Gasteiger charge is -2.27. The molecule has 13 nitrogen and oxygen atoms in total. The van der Waals surface area contributed by atoms with Crippen LogP contribution in [0.5, 0.6) is 0 Å². The number of rotatable bonds is 17. The van der Waals surface area contributed by atoms with Gasteiger partial charge in [0.25, 0.3) is 0 Å². The van der Waals surface area contributed by atoms with E-state index in [4.69, 9.17) is 16.6 Å². The lowest BCUT2D eigenvalue weighted by molar-refractivity contribution is -0.142. The second-order valence-corrected chi connectivity index (χ2v) is 8.81. The Bertz CT molecular complexity index is 750. The van der Waals surface area contributed by atoms with Crippen molar-refractivity contribution in [2.75, 3.05) is 12.0 Å². The largest absolute Gasteiger partial charge is 0.481 e. The molecule has 0 fully saturated rings. The minimum Gasteiger partial charge on any atom is -0.481 e. The van der Waals surface area contributed by atoms with Gasteiger partial charge in [0.2, 0.25) is 23.6 Å². The van der Waals surface area contributed by atoms with Gasteiger partial charge in [0.15, 0.2) is 0 Å². The molecule has 194 valence electrons. The van der Waals surface area contributed by atoms with Crippen LogP contribution in [-0.2, 0) is 28.8 Å². The zero-order valence-corrected chi connectivity index (χ0v) is 20.4. The van der Waals surface area contributed by atoms with Gasteiger partial charge in [0, 0.05) is 6.42 Å². The summed E-state index contributed by atoms with van der Waals surface area (Å²) in [5, 5.41) is 25.4. The number of hydrogen-bond donors (Lipinski definition) is 7. The van der Waals surface area contributed by atoms with Crippen LogP contribution in [-0.4, -0.2) is 82.0 Å². The second-order valence-electron chi connectivity index (χ2n) is 7.82.